The van der Waals surface area contributed by atoms with Gasteiger partial charge in [0.25, 0.3) is 5.91 Å². The molecule has 0 saturated heterocycles. The Morgan fingerprint density at radius 3 is 2.67 bits per heavy atom. The molecule has 0 aliphatic carbocycles. The van der Waals surface area contributed by atoms with Crippen molar-refractivity contribution in [2.75, 3.05) is 6.54 Å². The van der Waals surface area contributed by atoms with E-state index in [0.717, 1.165) is 27.9 Å². The lowest BCUT2D eigenvalue weighted by Gasteiger charge is -2.05. The first-order chi connectivity index (χ1) is 16.1. The fourth-order valence-electron chi connectivity index (χ4n) is 3.83. The maximum atomic E-state index is 13.0. The molecule has 3 aromatic heterocycles. The first-order valence-corrected chi connectivity index (χ1v) is 11.3. The largest absolute Gasteiger partial charge is 0.350 e. The molecule has 2 aromatic carbocycles. The summed E-state index contributed by atoms with van der Waals surface area (Å²) >= 11 is 12.2. The highest BCUT2D eigenvalue weighted by Crippen LogP contribution is 2.24. The van der Waals surface area contributed by atoms with Gasteiger partial charge in [-0.3, -0.25) is 13.9 Å². The summed E-state index contributed by atoms with van der Waals surface area (Å²) in [4.78, 5) is 13.0. The minimum atomic E-state index is -0.215. The highest BCUT2D eigenvalue weighted by atomic mass is 35.5. The second-order valence-corrected chi connectivity index (χ2v) is 8.45. The van der Waals surface area contributed by atoms with Crippen molar-refractivity contribution in [3.05, 3.63) is 94.0 Å². The third-order valence-electron chi connectivity index (χ3n) is 5.49. The van der Waals surface area contributed by atoms with Gasteiger partial charge in [-0.15, -0.1) is 10.2 Å². The third kappa shape index (κ3) is 4.42. The molecule has 1 amide bonds. The van der Waals surface area contributed by atoms with Gasteiger partial charge in [0.1, 0.15) is 5.82 Å². The molecule has 3 heterocycles. The molecule has 0 bridgehead atoms. The van der Waals surface area contributed by atoms with Crippen LogP contribution in [-0.4, -0.2) is 36.8 Å². The molecule has 1 N–H and O–H groups in total. The Morgan fingerprint density at radius 1 is 0.939 bits per heavy atom. The van der Waals surface area contributed by atoms with Crippen molar-refractivity contribution in [3.8, 4) is 0 Å². The number of pyridine rings is 1. The molecule has 9 heteroatoms. The summed E-state index contributed by atoms with van der Waals surface area (Å²) in [7, 11) is 0. The van der Waals surface area contributed by atoms with Crippen molar-refractivity contribution >= 4 is 45.7 Å². The van der Waals surface area contributed by atoms with Gasteiger partial charge in [0, 0.05) is 31.1 Å². The summed E-state index contributed by atoms with van der Waals surface area (Å²) in [5.74, 6) is 0.580. The normalized spacial score (nSPS) is 11.3. The average molecular weight is 479 g/mol. The third-order valence-corrected chi connectivity index (χ3v) is 6.23. The lowest BCUT2D eigenvalue weighted by molar-refractivity contribution is 0.0949. The molecular weight excluding hydrogens is 459 g/mol. The Kier molecular flexibility index (Phi) is 5.98. The summed E-state index contributed by atoms with van der Waals surface area (Å²) in [5.41, 5.74) is 3.15. The van der Waals surface area contributed by atoms with Crippen molar-refractivity contribution in [2.24, 2.45) is 0 Å². The van der Waals surface area contributed by atoms with Crippen molar-refractivity contribution < 1.29 is 4.79 Å². The minimum absolute atomic E-state index is 0.215. The summed E-state index contributed by atoms with van der Waals surface area (Å²) in [5, 5.41) is 17.8. The van der Waals surface area contributed by atoms with E-state index in [-0.39, 0.29) is 5.91 Å². The van der Waals surface area contributed by atoms with E-state index in [2.05, 4.69) is 20.6 Å². The molecule has 0 spiro atoms. The number of halogens is 2. The molecular formula is C24H20Cl2N6O. The fraction of sp³-hybridized carbons (Fsp3) is 0.167. The maximum Gasteiger partial charge on any atom is 0.272 e. The molecule has 0 fully saturated rings. The van der Waals surface area contributed by atoms with E-state index in [4.69, 9.17) is 23.2 Å². The monoisotopic (exact) mass is 478 g/mol. The van der Waals surface area contributed by atoms with E-state index >= 15 is 0 Å². The van der Waals surface area contributed by atoms with Crippen LogP contribution < -0.4 is 5.32 Å². The van der Waals surface area contributed by atoms with Gasteiger partial charge in [-0.25, -0.2) is 0 Å². The summed E-state index contributed by atoms with van der Waals surface area (Å²) in [6.45, 7) is 1.04. The van der Waals surface area contributed by atoms with Crippen LogP contribution in [0.2, 0.25) is 10.0 Å². The predicted octanol–water partition coefficient (Wildman–Crippen LogP) is 4.60. The Hall–Kier alpha value is -3.42. The summed E-state index contributed by atoms with van der Waals surface area (Å²) in [6.07, 6.45) is 3.19. The Labute approximate surface area is 200 Å². The van der Waals surface area contributed by atoms with Crippen LogP contribution in [-0.2, 0) is 19.4 Å². The molecule has 0 saturated carbocycles. The number of nitrogens with zero attached hydrogens (tertiary/aromatic N) is 5. The summed E-state index contributed by atoms with van der Waals surface area (Å²) in [6, 6.07) is 19.1. The van der Waals surface area contributed by atoms with Crippen LogP contribution in [0, 0.1) is 0 Å². The zero-order chi connectivity index (χ0) is 22.8. The molecule has 5 rings (SSSR count). The molecule has 166 valence electrons. The van der Waals surface area contributed by atoms with Crippen LogP contribution in [0.25, 0.3) is 16.6 Å². The van der Waals surface area contributed by atoms with E-state index in [1.807, 2.05) is 69.9 Å². The lowest BCUT2D eigenvalue weighted by atomic mass is 10.1. The SMILES string of the molecule is O=C(NCCc1nnc2ccccn12)c1nn(CCc2ccc(Cl)c(Cl)c2)c2ccccc12. The molecule has 0 radical (unpaired) electrons. The number of benzene rings is 2. The number of rotatable bonds is 7. The van der Waals surface area contributed by atoms with Crippen molar-refractivity contribution in [2.45, 2.75) is 19.4 Å². The number of hydrogen-bond donors (Lipinski definition) is 1. The van der Waals surface area contributed by atoms with Crippen molar-refractivity contribution in [1.82, 2.24) is 29.7 Å². The number of amides is 1. The zero-order valence-electron chi connectivity index (χ0n) is 17.6. The minimum Gasteiger partial charge on any atom is -0.350 e. The Balaban J connectivity index is 1.30. The molecule has 0 aliphatic rings. The fourth-order valence-corrected chi connectivity index (χ4v) is 4.15. The van der Waals surface area contributed by atoms with Crippen molar-refractivity contribution in [3.63, 3.8) is 0 Å². The molecule has 0 aliphatic heterocycles. The number of hydrogen-bond acceptors (Lipinski definition) is 4. The Bertz CT molecular complexity index is 1460. The van der Waals surface area contributed by atoms with Gasteiger partial charge in [-0.2, -0.15) is 5.10 Å². The van der Waals surface area contributed by atoms with Gasteiger partial charge in [0.2, 0.25) is 0 Å². The van der Waals surface area contributed by atoms with E-state index < -0.39 is 0 Å². The molecule has 0 atom stereocenters. The topological polar surface area (TPSA) is 77.1 Å². The molecule has 0 unspecified atom stereocenters. The number of aryl methyl sites for hydroxylation is 2. The quantitative estimate of drug-likeness (QED) is 0.370. The number of nitrogens with one attached hydrogen (secondary N) is 1. The second-order valence-electron chi connectivity index (χ2n) is 7.64. The number of para-hydroxylation sites is 1. The van der Waals surface area contributed by atoms with Gasteiger partial charge in [-0.05, 0) is 42.3 Å². The average Bonchev–Trinajstić information content (AvgIpc) is 3.42. The van der Waals surface area contributed by atoms with Gasteiger partial charge < -0.3 is 5.32 Å². The molecule has 7 nitrogen and oxygen atoms in total. The van der Waals surface area contributed by atoms with E-state index in [1.165, 1.54) is 0 Å². The van der Waals surface area contributed by atoms with E-state index in [9.17, 15) is 4.79 Å². The first kappa shape index (κ1) is 21.4. The molecule has 33 heavy (non-hydrogen) atoms. The van der Waals surface area contributed by atoms with Crippen LogP contribution in [0.1, 0.15) is 21.9 Å². The second kappa shape index (κ2) is 9.21. The van der Waals surface area contributed by atoms with Crippen molar-refractivity contribution in [1.29, 1.82) is 0 Å². The van der Waals surface area contributed by atoms with E-state index in [0.29, 0.717) is 41.7 Å². The number of aromatic nitrogens is 5. The van der Waals surface area contributed by atoms with Crippen LogP contribution >= 0.6 is 23.2 Å². The zero-order valence-corrected chi connectivity index (χ0v) is 19.1. The maximum absolute atomic E-state index is 13.0. The smallest absolute Gasteiger partial charge is 0.272 e. The standard InChI is InChI=1S/C24H20Cl2N6O/c25-18-9-8-16(15-19(18)26)11-14-32-20-6-2-1-5-17(20)23(30-32)24(33)27-12-10-22-29-28-21-7-3-4-13-31(21)22/h1-9,13,15H,10-12,14H2,(H,27,33). The van der Waals surface area contributed by atoms with Crippen LogP contribution in [0.5, 0.6) is 0 Å². The molecule has 5 aromatic rings. The summed E-state index contributed by atoms with van der Waals surface area (Å²) < 4.78 is 3.78. The number of carbonyl (C=O) groups excluding carboxylic acids is 1. The van der Waals surface area contributed by atoms with Gasteiger partial charge in [-0.1, -0.05) is 53.5 Å². The predicted molar refractivity (Wildman–Crippen MR) is 129 cm³/mol. The van der Waals surface area contributed by atoms with Crippen LogP contribution in [0.3, 0.4) is 0 Å². The lowest BCUT2D eigenvalue weighted by Crippen LogP contribution is -2.27. The van der Waals surface area contributed by atoms with Gasteiger partial charge in [0.15, 0.2) is 11.3 Å². The Morgan fingerprint density at radius 2 is 1.79 bits per heavy atom. The highest BCUT2D eigenvalue weighted by Gasteiger charge is 2.17. The van der Waals surface area contributed by atoms with Gasteiger partial charge in [0.05, 0.1) is 15.6 Å². The van der Waals surface area contributed by atoms with Crippen LogP contribution in [0.15, 0.2) is 66.9 Å². The first-order valence-electron chi connectivity index (χ1n) is 10.6. The van der Waals surface area contributed by atoms with E-state index in [1.54, 1.807) is 6.07 Å². The number of fused-ring (bicyclic) bond motifs is 2. The van der Waals surface area contributed by atoms with Gasteiger partial charge >= 0.3 is 0 Å². The highest BCUT2D eigenvalue weighted by molar-refractivity contribution is 6.42. The van der Waals surface area contributed by atoms with Crippen LogP contribution in [0.4, 0.5) is 0 Å². The number of carbonyl (C=O) groups is 1.